The number of carbonyl (C=O) groups is 3. The number of imide groups is 1. The first-order chi connectivity index (χ1) is 9.99. The van der Waals surface area contributed by atoms with Gasteiger partial charge >= 0.3 is 0 Å². The number of hydrogen-bond acceptors (Lipinski definition) is 3. The third-order valence-corrected chi connectivity index (χ3v) is 4.21. The molecule has 1 atom stereocenters. The van der Waals surface area contributed by atoms with E-state index in [1.807, 2.05) is 18.2 Å². The van der Waals surface area contributed by atoms with Gasteiger partial charge in [0, 0.05) is 18.5 Å². The van der Waals surface area contributed by atoms with Crippen LogP contribution in [0.5, 0.6) is 0 Å². The van der Waals surface area contributed by atoms with E-state index < -0.39 is 6.04 Å². The van der Waals surface area contributed by atoms with Gasteiger partial charge in [0.25, 0.3) is 5.91 Å². The van der Waals surface area contributed by atoms with Gasteiger partial charge in [-0.2, -0.15) is 0 Å². The number of nitrogens with zero attached hydrogens (tertiary/aromatic N) is 1. The van der Waals surface area contributed by atoms with E-state index >= 15 is 0 Å². The van der Waals surface area contributed by atoms with Gasteiger partial charge in [-0.05, 0) is 23.5 Å². The molecule has 1 aromatic carbocycles. The molecule has 0 unspecified atom stereocenters. The van der Waals surface area contributed by atoms with Crippen LogP contribution in [0.1, 0.15) is 54.1 Å². The van der Waals surface area contributed by atoms with Crippen molar-refractivity contribution >= 4 is 17.7 Å². The molecule has 2 aliphatic heterocycles. The summed E-state index contributed by atoms with van der Waals surface area (Å²) in [6.45, 7) is 4.55. The summed E-state index contributed by atoms with van der Waals surface area (Å²) in [7, 11) is 0. The molecule has 21 heavy (non-hydrogen) atoms. The summed E-state index contributed by atoms with van der Waals surface area (Å²) in [5.74, 6) is -0.462. The van der Waals surface area contributed by atoms with Crippen LogP contribution in [0.4, 0.5) is 0 Å². The average Bonchev–Trinajstić information content (AvgIpc) is 2.76. The van der Waals surface area contributed by atoms with Gasteiger partial charge in [0.05, 0.1) is 0 Å². The number of benzene rings is 1. The van der Waals surface area contributed by atoms with Gasteiger partial charge in [-0.25, -0.2) is 0 Å². The molecule has 0 spiro atoms. The van der Waals surface area contributed by atoms with Gasteiger partial charge in [-0.3, -0.25) is 19.7 Å². The molecule has 2 heterocycles. The van der Waals surface area contributed by atoms with Crippen LogP contribution in [-0.4, -0.2) is 28.7 Å². The Morgan fingerprint density at radius 3 is 2.67 bits per heavy atom. The second-order valence-electron chi connectivity index (χ2n) is 5.94. The third-order valence-electron chi connectivity index (χ3n) is 4.21. The predicted molar refractivity (Wildman–Crippen MR) is 76.6 cm³/mol. The van der Waals surface area contributed by atoms with Crippen LogP contribution in [0.15, 0.2) is 18.2 Å². The van der Waals surface area contributed by atoms with Gasteiger partial charge in [0.1, 0.15) is 6.04 Å². The van der Waals surface area contributed by atoms with Crippen molar-refractivity contribution in [1.82, 2.24) is 10.2 Å². The maximum Gasteiger partial charge on any atom is 0.255 e. The van der Waals surface area contributed by atoms with Crippen molar-refractivity contribution < 1.29 is 14.4 Å². The highest BCUT2D eigenvalue weighted by Gasteiger charge is 2.40. The fourth-order valence-electron chi connectivity index (χ4n) is 3.12. The van der Waals surface area contributed by atoms with Crippen LogP contribution < -0.4 is 5.32 Å². The van der Waals surface area contributed by atoms with Crippen molar-refractivity contribution in [1.29, 1.82) is 0 Å². The zero-order valence-electron chi connectivity index (χ0n) is 12.2. The van der Waals surface area contributed by atoms with E-state index in [1.165, 1.54) is 0 Å². The topological polar surface area (TPSA) is 66.5 Å². The molecule has 1 N–H and O–H groups in total. The quantitative estimate of drug-likeness (QED) is 0.839. The zero-order chi connectivity index (χ0) is 15.1. The molecular formula is C16H18N2O3. The lowest BCUT2D eigenvalue weighted by molar-refractivity contribution is -0.136. The van der Waals surface area contributed by atoms with E-state index in [9.17, 15) is 14.4 Å². The Kier molecular flexibility index (Phi) is 3.27. The summed E-state index contributed by atoms with van der Waals surface area (Å²) >= 11 is 0. The van der Waals surface area contributed by atoms with Gasteiger partial charge < -0.3 is 4.90 Å². The summed E-state index contributed by atoms with van der Waals surface area (Å²) < 4.78 is 0. The highest BCUT2D eigenvalue weighted by Crippen LogP contribution is 2.32. The van der Waals surface area contributed by atoms with Crippen LogP contribution in [0.25, 0.3) is 0 Å². The molecule has 0 aromatic heterocycles. The minimum absolute atomic E-state index is 0.0937. The van der Waals surface area contributed by atoms with Crippen LogP contribution >= 0.6 is 0 Å². The van der Waals surface area contributed by atoms with Crippen LogP contribution in [0.3, 0.4) is 0 Å². The fourth-order valence-corrected chi connectivity index (χ4v) is 3.12. The monoisotopic (exact) mass is 286 g/mol. The lowest BCUT2D eigenvalue weighted by Gasteiger charge is -2.29. The molecule has 3 amide bonds. The molecule has 110 valence electrons. The lowest BCUT2D eigenvalue weighted by atomic mass is 9.94. The van der Waals surface area contributed by atoms with Gasteiger partial charge in [-0.1, -0.05) is 32.0 Å². The third kappa shape index (κ3) is 2.22. The molecule has 0 saturated carbocycles. The summed E-state index contributed by atoms with van der Waals surface area (Å²) in [4.78, 5) is 37.5. The molecule has 1 saturated heterocycles. The standard InChI is InChI=1S/C16H18N2O3/c1-9(2)11-5-3-4-10-8-18(16(21)14(10)11)12-6-7-13(19)17-15(12)20/h3-5,9,12H,6-8H2,1-2H3,(H,17,19,20)/t12-/m1/s1. The molecule has 3 rings (SSSR count). The smallest absolute Gasteiger partial charge is 0.255 e. The molecule has 5 nitrogen and oxygen atoms in total. The molecule has 1 aromatic rings. The summed E-state index contributed by atoms with van der Waals surface area (Å²) in [6.07, 6.45) is 0.689. The minimum atomic E-state index is -0.539. The first-order valence-corrected chi connectivity index (χ1v) is 7.25. The van der Waals surface area contributed by atoms with Crippen molar-refractivity contribution in [3.8, 4) is 0 Å². The van der Waals surface area contributed by atoms with Crippen molar-refractivity contribution in [3.05, 3.63) is 34.9 Å². The van der Waals surface area contributed by atoms with E-state index in [0.29, 0.717) is 13.0 Å². The molecule has 2 aliphatic rings. The Morgan fingerprint density at radius 1 is 1.24 bits per heavy atom. The molecule has 0 radical (unpaired) electrons. The Morgan fingerprint density at radius 2 is 2.00 bits per heavy atom. The van der Waals surface area contributed by atoms with E-state index in [1.54, 1.807) is 4.90 Å². The van der Waals surface area contributed by atoms with Crippen LogP contribution in [-0.2, 0) is 16.1 Å². The van der Waals surface area contributed by atoms with Gasteiger partial charge in [0.15, 0.2) is 0 Å². The highest BCUT2D eigenvalue weighted by atomic mass is 16.2. The number of piperidine rings is 1. The van der Waals surface area contributed by atoms with Gasteiger partial charge in [0.2, 0.25) is 11.8 Å². The molecule has 0 aliphatic carbocycles. The normalized spacial score (nSPS) is 21.8. The summed E-state index contributed by atoms with van der Waals surface area (Å²) in [5, 5.41) is 2.32. The Hall–Kier alpha value is -2.17. The second-order valence-corrected chi connectivity index (χ2v) is 5.94. The number of nitrogens with one attached hydrogen (secondary N) is 1. The SMILES string of the molecule is CC(C)c1cccc2c1C(=O)N([C@@H]1CCC(=O)NC1=O)C2. The fraction of sp³-hybridized carbons (Fsp3) is 0.438. The minimum Gasteiger partial charge on any atom is -0.322 e. The maximum absolute atomic E-state index is 12.7. The first-order valence-electron chi connectivity index (χ1n) is 7.25. The summed E-state index contributed by atoms with van der Waals surface area (Å²) in [5.41, 5.74) is 2.72. The van der Waals surface area contributed by atoms with Crippen LogP contribution in [0, 0.1) is 0 Å². The predicted octanol–water partition coefficient (Wildman–Crippen LogP) is 1.57. The zero-order valence-corrected chi connectivity index (χ0v) is 12.2. The highest BCUT2D eigenvalue weighted by molar-refractivity contribution is 6.06. The lowest BCUT2D eigenvalue weighted by Crippen LogP contribution is -2.52. The number of amides is 3. The summed E-state index contributed by atoms with van der Waals surface area (Å²) in [6, 6.07) is 5.32. The molecular weight excluding hydrogens is 268 g/mol. The van der Waals surface area contributed by atoms with E-state index in [-0.39, 0.29) is 30.1 Å². The van der Waals surface area contributed by atoms with Crippen molar-refractivity contribution in [2.45, 2.75) is 45.2 Å². The second kappa shape index (κ2) is 4.98. The van der Waals surface area contributed by atoms with E-state index in [2.05, 4.69) is 19.2 Å². The van der Waals surface area contributed by atoms with Gasteiger partial charge in [-0.15, -0.1) is 0 Å². The number of fused-ring (bicyclic) bond motifs is 1. The number of rotatable bonds is 2. The van der Waals surface area contributed by atoms with E-state index in [0.717, 1.165) is 16.7 Å². The molecule has 0 bridgehead atoms. The maximum atomic E-state index is 12.7. The number of carbonyl (C=O) groups excluding carboxylic acids is 3. The Labute approximate surface area is 123 Å². The Balaban J connectivity index is 1.92. The van der Waals surface area contributed by atoms with Crippen molar-refractivity contribution in [2.75, 3.05) is 0 Å². The average molecular weight is 286 g/mol. The van der Waals surface area contributed by atoms with Crippen molar-refractivity contribution in [3.63, 3.8) is 0 Å². The van der Waals surface area contributed by atoms with Crippen molar-refractivity contribution in [2.24, 2.45) is 0 Å². The largest absolute Gasteiger partial charge is 0.322 e. The first kappa shape index (κ1) is 13.8. The molecule has 1 fully saturated rings. The van der Waals surface area contributed by atoms with E-state index in [4.69, 9.17) is 0 Å². The number of hydrogen-bond donors (Lipinski definition) is 1. The Bertz CT molecular complexity index is 636. The van der Waals surface area contributed by atoms with Crippen LogP contribution in [0.2, 0.25) is 0 Å². The molecule has 5 heteroatoms.